The Balaban J connectivity index is 2.72. The SMILES string of the molecule is CC(=O)N[C@@H](CS(=O)Cc1cc(F)ccc1C)C(=O)O. The minimum absolute atomic E-state index is 0.0486. The third-order valence-corrected chi connectivity index (χ3v) is 3.99. The van der Waals surface area contributed by atoms with E-state index in [-0.39, 0.29) is 11.5 Å². The molecule has 1 rings (SSSR count). The van der Waals surface area contributed by atoms with Crippen LogP contribution >= 0.6 is 0 Å². The number of carboxylic acids is 1. The number of aliphatic carboxylic acids is 1. The maximum atomic E-state index is 13.1. The van der Waals surface area contributed by atoms with Crippen molar-refractivity contribution in [2.75, 3.05) is 5.75 Å². The lowest BCUT2D eigenvalue weighted by atomic mass is 10.1. The second-order valence-corrected chi connectivity index (χ2v) is 5.91. The van der Waals surface area contributed by atoms with Crippen molar-refractivity contribution in [3.8, 4) is 0 Å². The third kappa shape index (κ3) is 5.08. The highest BCUT2D eigenvalue weighted by molar-refractivity contribution is 7.84. The fraction of sp³-hybridized carbons (Fsp3) is 0.385. The average molecular weight is 301 g/mol. The Morgan fingerprint density at radius 1 is 1.45 bits per heavy atom. The van der Waals surface area contributed by atoms with Crippen molar-refractivity contribution in [2.24, 2.45) is 0 Å². The summed E-state index contributed by atoms with van der Waals surface area (Å²) in [7, 11) is -1.52. The quantitative estimate of drug-likeness (QED) is 0.820. The molecule has 0 saturated heterocycles. The molecule has 0 aromatic heterocycles. The topological polar surface area (TPSA) is 83.5 Å². The van der Waals surface area contributed by atoms with Gasteiger partial charge in [0.05, 0.1) is 5.75 Å². The average Bonchev–Trinajstić information content (AvgIpc) is 2.32. The molecule has 0 spiro atoms. The number of carbonyl (C=O) groups excluding carboxylic acids is 1. The lowest BCUT2D eigenvalue weighted by Gasteiger charge is -2.13. The van der Waals surface area contributed by atoms with Gasteiger partial charge in [-0.2, -0.15) is 0 Å². The van der Waals surface area contributed by atoms with Gasteiger partial charge in [0, 0.05) is 23.5 Å². The molecule has 5 nitrogen and oxygen atoms in total. The lowest BCUT2D eigenvalue weighted by Crippen LogP contribution is -2.43. The van der Waals surface area contributed by atoms with E-state index in [0.717, 1.165) is 5.56 Å². The van der Waals surface area contributed by atoms with E-state index in [1.807, 2.05) is 0 Å². The first kappa shape index (κ1) is 16.3. The number of nitrogens with one attached hydrogen (secondary N) is 1. The normalized spacial score (nSPS) is 13.6. The molecule has 7 heteroatoms. The Kier molecular flexibility index (Phi) is 5.82. The van der Waals surface area contributed by atoms with Crippen molar-refractivity contribution < 1.29 is 23.3 Å². The van der Waals surface area contributed by atoms with Crippen LogP contribution < -0.4 is 5.32 Å². The molecule has 1 amide bonds. The van der Waals surface area contributed by atoms with Crippen LogP contribution in [0.15, 0.2) is 18.2 Å². The summed E-state index contributed by atoms with van der Waals surface area (Å²) in [5.74, 6) is -2.35. The van der Waals surface area contributed by atoms with Gasteiger partial charge in [-0.25, -0.2) is 9.18 Å². The molecule has 0 fully saturated rings. The summed E-state index contributed by atoms with van der Waals surface area (Å²) in [5.41, 5.74) is 1.35. The number of halogens is 1. The van der Waals surface area contributed by atoms with Crippen LogP contribution in [0.5, 0.6) is 0 Å². The Morgan fingerprint density at radius 2 is 2.10 bits per heavy atom. The summed E-state index contributed by atoms with van der Waals surface area (Å²) in [6, 6.07) is 2.95. The van der Waals surface area contributed by atoms with Gasteiger partial charge in [-0.3, -0.25) is 9.00 Å². The Labute approximate surface area is 118 Å². The summed E-state index contributed by atoms with van der Waals surface area (Å²) < 4.78 is 25.1. The van der Waals surface area contributed by atoms with E-state index < -0.39 is 34.5 Å². The lowest BCUT2D eigenvalue weighted by molar-refractivity contribution is -0.140. The van der Waals surface area contributed by atoms with Crippen LogP contribution in [0.25, 0.3) is 0 Å². The van der Waals surface area contributed by atoms with Crippen LogP contribution in [0, 0.1) is 12.7 Å². The predicted octanol–water partition coefficient (Wildman–Crippen LogP) is 0.972. The molecule has 0 saturated carbocycles. The summed E-state index contributed by atoms with van der Waals surface area (Å²) in [5, 5.41) is 11.1. The maximum Gasteiger partial charge on any atom is 0.327 e. The first-order chi connectivity index (χ1) is 9.29. The van der Waals surface area contributed by atoms with Gasteiger partial charge < -0.3 is 10.4 Å². The predicted molar refractivity (Wildman–Crippen MR) is 73.1 cm³/mol. The fourth-order valence-electron chi connectivity index (χ4n) is 1.63. The number of aryl methyl sites for hydroxylation is 1. The van der Waals surface area contributed by atoms with E-state index in [4.69, 9.17) is 5.11 Å². The molecule has 1 aromatic rings. The number of hydrogen-bond donors (Lipinski definition) is 2. The highest BCUT2D eigenvalue weighted by Crippen LogP contribution is 2.13. The molecule has 2 atom stereocenters. The Bertz CT molecular complexity index is 547. The Morgan fingerprint density at radius 3 is 2.65 bits per heavy atom. The molecule has 2 N–H and O–H groups in total. The van der Waals surface area contributed by atoms with E-state index in [0.29, 0.717) is 5.56 Å². The second kappa shape index (κ2) is 7.14. The highest BCUT2D eigenvalue weighted by atomic mass is 32.2. The molecule has 0 bridgehead atoms. The number of amides is 1. The van der Waals surface area contributed by atoms with Gasteiger partial charge in [0.25, 0.3) is 0 Å². The van der Waals surface area contributed by atoms with Crippen molar-refractivity contribution in [1.82, 2.24) is 5.32 Å². The van der Waals surface area contributed by atoms with E-state index in [1.54, 1.807) is 13.0 Å². The zero-order valence-electron chi connectivity index (χ0n) is 11.2. The molecule has 1 aromatic carbocycles. The van der Waals surface area contributed by atoms with Gasteiger partial charge in [-0.05, 0) is 30.2 Å². The van der Waals surface area contributed by atoms with Crippen molar-refractivity contribution >= 4 is 22.7 Å². The zero-order chi connectivity index (χ0) is 15.3. The van der Waals surface area contributed by atoms with Crippen LogP contribution in [0.3, 0.4) is 0 Å². The van der Waals surface area contributed by atoms with Crippen LogP contribution in [0.4, 0.5) is 4.39 Å². The molecular weight excluding hydrogens is 285 g/mol. The largest absolute Gasteiger partial charge is 0.480 e. The minimum Gasteiger partial charge on any atom is -0.480 e. The standard InChI is InChI=1S/C13H16FNO4S/c1-8-3-4-11(14)5-10(8)6-20(19)7-12(13(17)18)15-9(2)16/h3-5,12H,6-7H2,1-2H3,(H,15,16)(H,17,18)/t12-,20?/m0/s1. The minimum atomic E-state index is -1.52. The van der Waals surface area contributed by atoms with Crippen LogP contribution in [0.2, 0.25) is 0 Å². The summed E-state index contributed by atoms with van der Waals surface area (Å²) in [6.45, 7) is 2.95. The van der Waals surface area contributed by atoms with Gasteiger partial charge in [0.1, 0.15) is 11.9 Å². The van der Waals surface area contributed by atoms with Crippen molar-refractivity contribution in [3.05, 3.63) is 35.1 Å². The number of hydrogen-bond acceptors (Lipinski definition) is 3. The Hall–Kier alpha value is -1.76. The first-order valence-corrected chi connectivity index (χ1v) is 7.38. The highest BCUT2D eigenvalue weighted by Gasteiger charge is 2.21. The zero-order valence-corrected chi connectivity index (χ0v) is 12.0. The number of carboxylic acid groups (broad SMARTS) is 1. The molecule has 0 radical (unpaired) electrons. The van der Waals surface area contributed by atoms with E-state index in [1.165, 1.54) is 19.1 Å². The van der Waals surface area contributed by atoms with E-state index in [2.05, 4.69) is 5.32 Å². The van der Waals surface area contributed by atoms with Gasteiger partial charge >= 0.3 is 5.97 Å². The van der Waals surface area contributed by atoms with Crippen molar-refractivity contribution in [2.45, 2.75) is 25.6 Å². The first-order valence-electron chi connectivity index (χ1n) is 5.89. The van der Waals surface area contributed by atoms with Crippen LogP contribution in [-0.4, -0.2) is 33.0 Å². The number of benzene rings is 1. The maximum absolute atomic E-state index is 13.1. The number of rotatable bonds is 6. The monoisotopic (exact) mass is 301 g/mol. The molecule has 0 aliphatic rings. The molecule has 20 heavy (non-hydrogen) atoms. The van der Waals surface area contributed by atoms with Crippen molar-refractivity contribution in [3.63, 3.8) is 0 Å². The smallest absolute Gasteiger partial charge is 0.327 e. The van der Waals surface area contributed by atoms with Gasteiger partial charge in [-0.1, -0.05) is 6.07 Å². The summed E-state index contributed by atoms with van der Waals surface area (Å²) >= 11 is 0. The van der Waals surface area contributed by atoms with Gasteiger partial charge in [0.15, 0.2) is 0 Å². The van der Waals surface area contributed by atoms with Crippen LogP contribution in [0.1, 0.15) is 18.1 Å². The summed E-state index contributed by atoms with van der Waals surface area (Å²) in [4.78, 5) is 21.8. The van der Waals surface area contributed by atoms with Gasteiger partial charge in [0.2, 0.25) is 5.91 Å². The van der Waals surface area contributed by atoms with E-state index >= 15 is 0 Å². The van der Waals surface area contributed by atoms with Crippen molar-refractivity contribution in [1.29, 1.82) is 0 Å². The molecule has 0 aliphatic carbocycles. The molecule has 0 aliphatic heterocycles. The third-order valence-electron chi connectivity index (χ3n) is 2.66. The fourth-order valence-corrected chi connectivity index (χ4v) is 3.01. The van der Waals surface area contributed by atoms with E-state index in [9.17, 15) is 18.2 Å². The molecule has 0 heterocycles. The molecular formula is C13H16FNO4S. The second-order valence-electron chi connectivity index (χ2n) is 4.41. The summed E-state index contributed by atoms with van der Waals surface area (Å²) in [6.07, 6.45) is 0. The van der Waals surface area contributed by atoms with Gasteiger partial charge in [-0.15, -0.1) is 0 Å². The molecule has 110 valence electrons. The van der Waals surface area contributed by atoms with Crippen LogP contribution in [-0.2, 0) is 26.1 Å². The molecule has 1 unspecified atom stereocenters. The number of carbonyl (C=O) groups is 2.